The zero-order valence-electron chi connectivity index (χ0n) is 36.6. The monoisotopic (exact) mass is 778 g/mol. The third-order valence-electron chi connectivity index (χ3n) is 11.4. The fraction of sp³-hybridized carbons (Fsp3) is 0.259. The molecule has 7 rings (SSSR count). The maximum atomic E-state index is 12.2. The van der Waals surface area contributed by atoms with Crippen molar-refractivity contribution in [3.63, 3.8) is 0 Å². The van der Waals surface area contributed by atoms with Gasteiger partial charge in [0.2, 0.25) is 0 Å². The highest BCUT2D eigenvalue weighted by molar-refractivity contribution is 5.97. The predicted molar refractivity (Wildman–Crippen MR) is 251 cm³/mol. The molecule has 0 aliphatic rings. The van der Waals surface area contributed by atoms with Gasteiger partial charge in [-0.3, -0.25) is 9.55 Å². The van der Waals surface area contributed by atoms with Gasteiger partial charge >= 0.3 is 0 Å². The summed E-state index contributed by atoms with van der Waals surface area (Å²) in [4.78, 5) is 12.7. The first kappa shape index (κ1) is 41.0. The number of rotatable bonds is 8. The number of nitrogens with zero attached hydrogens (tertiary/aromatic N) is 4. The van der Waals surface area contributed by atoms with Gasteiger partial charge in [-0.2, -0.15) is 0 Å². The van der Waals surface area contributed by atoms with E-state index in [0.717, 1.165) is 78.3 Å². The first-order chi connectivity index (χ1) is 27.9. The molecule has 0 aliphatic carbocycles. The summed E-state index contributed by atoms with van der Waals surface area (Å²) in [5.41, 5.74) is 14.5. The first-order valence-corrected chi connectivity index (χ1v) is 20.6. The van der Waals surface area contributed by atoms with E-state index in [2.05, 4.69) is 202 Å². The van der Waals surface area contributed by atoms with E-state index >= 15 is 0 Å². The molecule has 0 unspecified atom stereocenters. The van der Waals surface area contributed by atoms with Crippen LogP contribution in [0, 0.1) is 0 Å². The van der Waals surface area contributed by atoms with Crippen molar-refractivity contribution in [1.29, 1.82) is 0 Å². The summed E-state index contributed by atoms with van der Waals surface area (Å²) in [5.74, 6) is 0.967. The molecule has 0 saturated heterocycles. The molecule has 0 radical (unpaired) electrons. The van der Waals surface area contributed by atoms with E-state index in [-0.39, 0.29) is 22.0 Å². The van der Waals surface area contributed by atoms with Gasteiger partial charge in [-0.15, -0.1) is 0 Å². The zero-order valence-corrected chi connectivity index (χ0v) is 36.6. The lowest BCUT2D eigenvalue weighted by Crippen LogP contribution is -2.17. The second-order valence-electron chi connectivity index (χ2n) is 18.8. The van der Waals surface area contributed by atoms with Crippen LogP contribution < -0.4 is 4.90 Å². The Hall–Kier alpha value is -6.20. The van der Waals surface area contributed by atoms with Gasteiger partial charge in [-0.25, -0.2) is 4.98 Å². The summed E-state index contributed by atoms with van der Waals surface area (Å²) < 4.78 is 2.20. The van der Waals surface area contributed by atoms with Crippen LogP contribution in [0.3, 0.4) is 0 Å². The van der Waals surface area contributed by atoms with Crippen LogP contribution in [0.2, 0.25) is 0 Å². The van der Waals surface area contributed by atoms with Gasteiger partial charge in [-0.05, 0) is 106 Å². The fourth-order valence-corrected chi connectivity index (χ4v) is 7.78. The summed E-state index contributed by atoms with van der Waals surface area (Å²) in [5, 5.41) is 12.2. The molecule has 1 N–H and O–H groups in total. The Kier molecular flexibility index (Phi) is 10.8. The lowest BCUT2D eigenvalue weighted by molar-refractivity contribution is 0.446. The van der Waals surface area contributed by atoms with Crippen LogP contribution in [0.15, 0.2) is 146 Å². The van der Waals surface area contributed by atoms with E-state index in [0.29, 0.717) is 5.82 Å². The molecular weight excluding hydrogens is 721 g/mol. The van der Waals surface area contributed by atoms with Crippen molar-refractivity contribution in [3.8, 4) is 45.2 Å². The topological polar surface area (TPSA) is 54.2 Å². The van der Waals surface area contributed by atoms with Crippen LogP contribution >= 0.6 is 0 Å². The Balaban J connectivity index is 1.46. The molecule has 5 nitrogen and oxygen atoms in total. The predicted octanol–water partition coefficient (Wildman–Crippen LogP) is 14.1. The third kappa shape index (κ3) is 8.12. The molecular formula is C54H58N4O. The van der Waals surface area contributed by atoms with Gasteiger partial charge in [0, 0.05) is 52.6 Å². The minimum Gasteiger partial charge on any atom is -0.507 e. The number of allylic oxidation sites excluding steroid dienone is 3. The van der Waals surface area contributed by atoms with E-state index in [1.807, 2.05) is 24.4 Å². The highest BCUT2D eigenvalue weighted by Crippen LogP contribution is 2.45. The number of fused-ring (bicyclic) bond motifs is 1. The van der Waals surface area contributed by atoms with Crippen molar-refractivity contribution >= 4 is 22.3 Å². The number of aromatic hydroxyl groups is 1. The van der Waals surface area contributed by atoms with Crippen LogP contribution in [0.5, 0.6) is 5.75 Å². The minimum absolute atomic E-state index is 0.144. The Bertz CT molecular complexity index is 2700. The molecule has 2 aromatic heterocycles. The van der Waals surface area contributed by atoms with Gasteiger partial charge in [-0.1, -0.05) is 136 Å². The number of imidazole rings is 1. The van der Waals surface area contributed by atoms with Crippen molar-refractivity contribution in [2.24, 2.45) is 0 Å². The van der Waals surface area contributed by atoms with Gasteiger partial charge in [0.15, 0.2) is 0 Å². The van der Waals surface area contributed by atoms with Crippen LogP contribution in [-0.2, 0) is 16.2 Å². The maximum Gasteiger partial charge on any atom is 0.149 e. The van der Waals surface area contributed by atoms with Gasteiger partial charge in [0.1, 0.15) is 11.6 Å². The standard InChI is InChI=1S/C54H58N4O/c1-13-43(35(2)57(12)41-21-16-14-17-22-41)36-27-28-55-47(32-36)38-29-37(30-39(31-38)52(3,4)5)44-25-20-26-48-49(44)56-51(58(48)42-23-18-15-19-24-42)45-33-40(53(6,7)8)34-46(50(45)59)54(9,10)11/h13-34,59H,1H2,2-12H3/b43-35-. The summed E-state index contributed by atoms with van der Waals surface area (Å²) in [7, 11) is 2.09. The second kappa shape index (κ2) is 15.5. The number of phenolic OH excluding ortho intramolecular Hbond substituents is 1. The van der Waals surface area contributed by atoms with Crippen LogP contribution in [-0.4, -0.2) is 26.7 Å². The molecule has 2 heterocycles. The SMILES string of the molecule is C=C/C(=C(\C)N(C)c1ccccc1)c1ccnc(-c2cc(-c3cccc4c3nc(-c3cc(C(C)(C)C)cc(C(C)(C)C)c3O)n4-c3ccccc3)cc(C(C)(C)C)c2)c1. The zero-order chi connectivity index (χ0) is 42.4. The fourth-order valence-electron chi connectivity index (χ4n) is 7.78. The number of para-hydroxylation sites is 3. The lowest BCUT2D eigenvalue weighted by atomic mass is 9.79. The average Bonchev–Trinajstić information content (AvgIpc) is 3.60. The normalized spacial score (nSPS) is 12.7. The van der Waals surface area contributed by atoms with Crippen molar-refractivity contribution in [1.82, 2.24) is 14.5 Å². The number of pyridine rings is 1. The number of aromatic nitrogens is 3. The Morgan fingerprint density at radius 1 is 0.678 bits per heavy atom. The van der Waals surface area contributed by atoms with Crippen molar-refractivity contribution in [3.05, 3.63) is 168 Å². The number of benzene rings is 5. The molecule has 5 aromatic carbocycles. The second-order valence-corrected chi connectivity index (χ2v) is 18.8. The Labute approximate surface area is 351 Å². The highest BCUT2D eigenvalue weighted by Gasteiger charge is 2.29. The molecule has 0 spiro atoms. The third-order valence-corrected chi connectivity index (χ3v) is 11.4. The Morgan fingerprint density at radius 2 is 1.31 bits per heavy atom. The van der Waals surface area contributed by atoms with Gasteiger partial charge in [0.05, 0.1) is 22.3 Å². The quantitative estimate of drug-likeness (QED) is 0.156. The summed E-state index contributed by atoms with van der Waals surface area (Å²) >= 11 is 0. The average molecular weight is 779 g/mol. The van der Waals surface area contributed by atoms with Crippen molar-refractivity contribution in [2.45, 2.75) is 85.5 Å². The Morgan fingerprint density at radius 3 is 1.93 bits per heavy atom. The summed E-state index contributed by atoms with van der Waals surface area (Å²) in [6.07, 6.45) is 3.83. The molecule has 0 aliphatic heterocycles. The van der Waals surface area contributed by atoms with Crippen LogP contribution in [0.1, 0.15) is 91.5 Å². The number of hydrogen-bond donors (Lipinski definition) is 1. The maximum absolute atomic E-state index is 12.2. The van der Waals surface area contributed by atoms with E-state index in [1.54, 1.807) is 0 Å². The molecule has 0 amide bonds. The van der Waals surface area contributed by atoms with Crippen molar-refractivity contribution in [2.75, 3.05) is 11.9 Å². The van der Waals surface area contributed by atoms with E-state index in [4.69, 9.17) is 9.97 Å². The molecule has 0 bridgehead atoms. The summed E-state index contributed by atoms with van der Waals surface area (Å²) in [6.45, 7) is 26.2. The lowest BCUT2D eigenvalue weighted by Gasteiger charge is -2.27. The van der Waals surface area contributed by atoms with E-state index < -0.39 is 0 Å². The van der Waals surface area contributed by atoms with E-state index in [9.17, 15) is 5.11 Å². The first-order valence-electron chi connectivity index (χ1n) is 20.6. The molecule has 300 valence electrons. The minimum atomic E-state index is -0.289. The van der Waals surface area contributed by atoms with Crippen LogP contribution in [0.25, 0.3) is 56.1 Å². The van der Waals surface area contributed by atoms with Gasteiger partial charge < -0.3 is 10.0 Å². The number of anilines is 1. The number of phenols is 1. The molecule has 59 heavy (non-hydrogen) atoms. The largest absolute Gasteiger partial charge is 0.507 e. The number of hydrogen-bond acceptors (Lipinski definition) is 4. The summed E-state index contributed by atoms with van der Waals surface area (Å²) in [6, 6.07) is 42.5. The highest BCUT2D eigenvalue weighted by atomic mass is 16.3. The molecule has 0 atom stereocenters. The smallest absolute Gasteiger partial charge is 0.149 e. The van der Waals surface area contributed by atoms with Crippen LogP contribution in [0.4, 0.5) is 5.69 Å². The van der Waals surface area contributed by atoms with E-state index in [1.165, 1.54) is 5.56 Å². The molecule has 5 heteroatoms. The molecule has 0 saturated carbocycles. The van der Waals surface area contributed by atoms with Gasteiger partial charge in [0.25, 0.3) is 0 Å². The molecule has 7 aromatic rings. The molecule has 0 fully saturated rings. The van der Waals surface area contributed by atoms with Crippen molar-refractivity contribution < 1.29 is 5.11 Å².